The standard InChI is InChI=1S/C15H31NO2.Na/c1-4-6-8-10-12-16(14(3)15(17)18)13-11-9-7-5-2;/h14H,4-13H2,1-3H3,(H,17,18);/q;+1/p-1. The second kappa shape index (κ2) is 14.8. The van der Waals surface area contributed by atoms with Gasteiger partial charge in [0, 0.05) is 6.04 Å². The van der Waals surface area contributed by atoms with Crippen molar-refractivity contribution in [2.24, 2.45) is 0 Å². The van der Waals surface area contributed by atoms with E-state index >= 15 is 0 Å². The topological polar surface area (TPSA) is 43.4 Å². The average Bonchev–Trinajstić information content (AvgIpc) is 2.36. The molecule has 0 aliphatic carbocycles. The van der Waals surface area contributed by atoms with Crippen molar-refractivity contribution >= 4 is 5.97 Å². The van der Waals surface area contributed by atoms with E-state index in [0.29, 0.717) is 0 Å². The van der Waals surface area contributed by atoms with Crippen molar-refractivity contribution < 1.29 is 39.5 Å². The minimum atomic E-state index is -0.944. The molecule has 0 aromatic carbocycles. The van der Waals surface area contributed by atoms with Crippen molar-refractivity contribution in [1.29, 1.82) is 0 Å². The fourth-order valence-corrected chi connectivity index (χ4v) is 2.13. The molecule has 1 unspecified atom stereocenters. The average molecular weight is 279 g/mol. The summed E-state index contributed by atoms with van der Waals surface area (Å²) in [5.41, 5.74) is 0. The van der Waals surface area contributed by atoms with Gasteiger partial charge in [0.2, 0.25) is 0 Å². The van der Waals surface area contributed by atoms with Gasteiger partial charge >= 0.3 is 29.6 Å². The van der Waals surface area contributed by atoms with Gasteiger partial charge in [-0.3, -0.25) is 4.90 Å². The zero-order valence-corrected chi connectivity index (χ0v) is 15.4. The van der Waals surface area contributed by atoms with E-state index in [0.717, 1.165) is 25.9 Å². The fourth-order valence-electron chi connectivity index (χ4n) is 2.13. The molecule has 0 radical (unpaired) electrons. The molecule has 0 saturated carbocycles. The molecule has 3 nitrogen and oxygen atoms in total. The molecule has 1 atom stereocenters. The Morgan fingerprint density at radius 2 is 1.37 bits per heavy atom. The first-order valence-corrected chi connectivity index (χ1v) is 7.58. The summed E-state index contributed by atoms with van der Waals surface area (Å²) in [4.78, 5) is 13.0. The van der Waals surface area contributed by atoms with Gasteiger partial charge in [-0.05, 0) is 32.9 Å². The molecule has 108 valence electrons. The van der Waals surface area contributed by atoms with Crippen LogP contribution < -0.4 is 34.7 Å². The van der Waals surface area contributed by atoms with Crippen molar-refractivity contribution in [2.45, 2.75) is 78.2 Å². The van der Waals surface area contributed by atoms with Gasteiger partial charge < -0.3 is 9.90 Å². The monoisotopic (exact) mass is 279 g/mol. The molecule has 0 bridgehead atoms. The van der Waals surface area contributed by atoms with Crippen LogP contribution >= 0.6 is 0 Å². The number of hydrogen-bond donors (Lipinski definition) is 0. The molecule has 0 aromatic heterocycles. The minimum absolute atomic E-state index is 0. The fraction of sp³-hybridized carbons (Fsp3) is 0.933. The summed E-state index contributed by atoms with van der Waals surface area (Å²) in [6.07, 6.45) is 9.49. The maximum atomic E-state index is 11.0. The predicted molar refractivity (Wildman–Crippen MR) is 74.3 cm³/mol. The Labute approximate surface area is 141 Å². The van der Waals surface area contributed by atoms with E-state index in [9.17, 15) is 9.90 Å². The number of rotatable bonds is 12. The third kappa shape index (κ3) is 11.9. The van der Waals surface area contributed by atoms with Gasteiger partial charge in [0.1, 0.15) is 0 Å². The summed E-state index contributed by atoms with van der Waals surface area (Å²) < 4.78 is 0. The van der Waals surface area contributed by atoms with Crippen molar-refractivity contribution in [1.82, 2.24) is 4.90 Å². The summed E-state index contributed by atoms with van der Waals surface area (Å²) >= 11 is 0. The predicted octanol–water partition coefficient (Wildman–Crippen LogP) is -0.409. The third-order valence-corrected chi connectivity index (χ3v) is 3.49. The quantitative estimate of drug-likeness (QED) is 0.360. The van der Waals surface area contributed by atoms with Gasteiger partial charge in [-0.1, -0.05) is 52.4 Å². The van der Waals surface area contributed by atoms with Crippen molar-refractivity contribution in [3.05, 3.63) is 0 Å². The zero-order valence-electron chi connectivity index (χ0n) is 13.4. The Balaban J connectivity index is 0. The van der Waals surface area contributed by atoms with Crippen molar-refractivity contribution in [2.75, 3.05) is 13.1 Å². The molecular formula is C15H30NNaO2. The van der Waals surface area contributed by atoms with Gasteiger partial charge in [0.25, 0.3) is 0 Å². The van der Waals surface area contributed by atoms with Crippen LogP contribution in [0.2, 0.25) is 0 Å². The molecule has 0 heterocycles. The SMILES string of the molecule is CCCCCCN(CCCCCC)C(C)C(=O)[O-].[Na+]. The van der Waals surface area contributed by atoms with E-state index in [1.54, 1.807) is 6.92 Å². The van der Waals surface area contributed by atoms with Crippen LogP contribution in [0.1, 0.15) is 72.1 Å². The van der Waals surface area contributed by atoms with E-state index in [1.807, 2.05) is 0 Å². The first kappa shape index (κ1) is 21.7. The van der Waals surface area contributed by atoms with Gasteiger partial charge in [0.05, 0.1) is 5.97 Å². The van der Waals surface area contributed by atoms with Gasteiger partial charge in [0.15, 0.2) is 0 Å². The summed E-state index contributed by atoms with van der Waals surface area (Å²) in [6, 6.07) is -0.451. The molecule has 0 aromatic rings. The van der Waals surface area contributed by atoms with Gasteiger partial charge in [-0.2, -0.15) is 0 Å². The van der Waals surface area contributed by atoms with Crippen LogP contribution in [0.3, 0.4) is 0 Å². The van der Waals surface area contributed by atoms with Crippen LogP contribution in [0.15, 0.2) is 0 Å². The Bertz CT molecular complexity index is 200. The van der Waals surface area contributed by atoms with Crippen LogP contribution in [0.25, 0.3) is 0 Å². The Kier molecular flexibility index (Phi) is 17.0. The molecule has 19 heavy (non-hydrogen) atoms. The van der Waals surface area contributed by atoms with Crippen LogP contribution in [0.4, 0.5) is 0 Å². The Hall–Kier alpha value is 0.430. The molecule has 0 saturated heterocycles. The van der Waals surface area contributed by atoms with Crippen LogP contribution in [0, 0.1) is 0 Å². The van der Waals surface area contributed by atoms with Crippen LogP contribution in [-0.4, -0.2) is 30.0 Å². The Morgan fingerprint density at radius 1 is 0.947 bits per heavy atom. The van der Waals surface area contributed by atoms with Crippen molar-refractivity contribution in [3.63, 3.8) is 0 Å². The first-order chi connectivity index (χ1) is 8.63. The van der Waals surface area contributed by atoms with Gasteiger partial charge in [-0.25, -0.2) is 0 Å². The van der Waals surface area contributed by atoms with Crippen LogP contribution in [0.5, 0.6) is 0 Å². The summed E-state index contributed by atoms with van der Waals surface area (Å²) in [5.74, 6) is -0.944. The molecule has 0 aliphatic heterocycles. The number of carbonyl (C=O) groups excluding carboxylic acids is 1. The maximum absolute atomic E-state index is 11.0. The molecule has 0 spiro atoms. The van der Waals surface area contributed by atoms with E-state index < -0.39 is 12.0 Å². The number of hydrogen-bond acceptors (Lipinski definition) is 3. The first-order valence-electron chi connectivity index (χ1n) is 7.58. The second-order valence-corrected chi connectivity index (χ2v) is 5.15. The summed E-state index contributed by atoms with van der Waals surface area (Å²) in [5, 5.41) is 11.0. The maximum Gasteiger partial charge on any atom is 1.00 e. The number of aliphatic carboxylic acids is 1. The van der Waals surface area contributed by atoms with Crippen molar-refractivity contribution in [3.8, 4) is 0 Å². The summed E-state index contributed by atoms with van der Waals surface area (Å²) in [6.45, 7) is 7.90. The van der Waals surface area contributed by atoms with Gasteiger partial charge in [-0.15, -0.1) is 0 Å². The number of carboxylic acid groups (broad SMARTS) is 1. The normalized spacial score (nSPS) is 12.2. The Morgan fingerprint density at radius 3 is 1.68 bits per heavy atom. The molecule has 0 amide bonds. The molecule has 0 fully saturated rings. The van der Waals surface area contributed by atoms with E-state index in [4.69, 9.17) is 0 Å². The molecular weight excluding hydrogens is 249 g/mol. The zero-order chi connectivity index (χ0) is 13.8. The van der Waals surface area contributed by atoms with E-state index in [1.165, 1.54) is 38.5 Å². The number of carboxylic acids is 1. The second-order valence-electron chi connectivity index (χ2n) is 5.15. The van der Waals surface area contributed by atoms with E-state index in [-0.39, 0.29) is 29.6 Å². The van der Waals surface area contributed by atoms with Crippen LogP contribution in [-0.2, 0) is 4.79 Å². The number of nitrogens with zero attached hydrogens (tertiary/aromatic N) is 1. The number of unbranched alkanes of at least 4 members (excludes halogenated alkanes) is 6. The van der Waals surface area contributed by atoms with E-state index in [2.05, 4.69) is 18.7 Å². The third-order valence-electron chi connectivity index (χ3n) is 3.49. The molecule has 0 aliphatic rings. The smallest absolute Gasteiger partial charge is 0.548 e. The molecule has 0 rings (SSSR count). The molecule has 4 heteroatoms. The molecule has 0 N–H and O–H groups in total. The summed E-state index contributed by atoms with van der Waals surface area (Å²) in [7, 11) is 0. The minimum Gasteiger partial charge on any atom is -0.548 e. The number of carbonyl (C=O) groups is 1. The largest absolute Gasteiger partial charge is 1.00 e.